The summed E-state index contributed by atoms with van der Waals surface area (Å²) in [5.74, 6) is 0.0398. The Bertz CT molecular complexity index is 876. The standard InChI is InChI=1S/C20H19N3OS/c1-14(16-11-9-15(13-21)10-12-16)22-19(24)7-4-8-20-23-17-5-2-3-6-18(17)25-20/h2-3,5-6,9-12,14H,4,7-8H2,1H3,(H,22,24). The van der Waals surface area contributed by atoms with Gasteiger partial charge in [-0.05, 0) is 49.6 Å². The molecule has 1 atom stereocenters. The summed E-state index contributed by atoms with van der Waals surface area (Å²) in [6.45, 7) is 1.95. The molecule has 1 amide bonds. The van der Waals surface area contributed by atoms with E-state index in [1.54, 1.807) is 23.5 Å². The van der Waals surface area contributed by atoms with Crippen molar-refractivity contribution in [2.24, 2.45) is 0 Å². The average Bonchev–Trinajstić information content (AvgIpc) is 3.04. The third-order valence-electron chi connectivity index (χ3n) is 4.05. The van der Waals surface area contributed by atoms with Gasteiger partial charge in [0.05, 0.1) is 32.9 Å². The van der Waals surface area contributed by atoms with Crippen LogP contribution in [-0.4, -0.2) is 10.9 Å². The molecule has 1 unspecified atom stereocenters. The van der Waals surface area contributed by atoms with E-state index in [0.717, 1.165) is 28.9 Å². The van der Waals surface area contributed by atoms with Gasteiger partial charge in [0, 0.05) is 6.42 Å². The van der Waals surface area contributed by atoms with Gasteiger partial charge < -0.3 is 5.32 Å². The number of benzene rings is 2. The maximum Gasteiger partial charge on any atom is 0.220 e. The minimum Gasteiger partial charge on any atom is -0.350 e. The largest absolute Gasteiger partial charge is 0.350 e. The number of para-hydroxylation sites is 1. The minimum absolute atomic E-state index is 0.0398. The molecule has 0 bridgehead atoms. The van der Waals surface area contributed by atoms with Crippen LogP contribution in [0.3, 0.4) is 0 Å². The molecule has 25 heavy (non-hydrogen) atoms. The van der Waals surface area contributed by atoms with Gasteiger partial charge in [0.1, 0.15) is 0 Å². The van der Waals surface area contributed by atoms with E-state index in [1.807, 2.05) is 37.3 Å². The van der Waals surface area contributed by atoms with E-state index in [1.165, 1.54) is 4.70 Å². The lowest BCUT2D eigenvalue weighted by molar-refractivity contribution is -0.121. The number of aromatic nitrogens is 1. The number of amides is 1. The van der Waals surface area contributed by atoms with Crippen LogP contribution in [0.4, 0.5) is 0 Å². The van der Waals surface area contributed by atoms with Gasteiger partial charge in [-0.1, -0.05) is 24.3 Å². The Morgan fingerprint density at radius 1 is 1.24 bits per heavy atom. The number of thiazole rings is 1. The molecule has 0 aliphatic rings. The Morgan fingerprint density at radius 2 is 2.00 bits per heavy atom. The molecule has 2 aromatic carbocycles. The van der Waals surface area contributed by atoms with Crippen molar-refractivity contribution < 1.29 is 4.79 Å². The molecule has 0 aliphatic carbocycles. The number of nitriles is 1. The van der Waals surface area contributed by atoms with E-state index in [-0.39, 0.29) is 11.9 Å². The average molecular weight is 349 g/mol. The minimum atomic E-state index is -0.0670. The number of aryl methyl sites for hydroxylation is 1. The molecule has 1 aromatic heterocycles. The first-order chi connectivity index (χ1) is 12.2. The molecule has 4 nitrogen and oxygen atoms in total. The van der Waals surface area contributed by atoms with E-state index in [2.05, 4.69) is 22.4 Å². The number of rotatable bonds is 6. The second-order valence-corrected chi connectivity index (χ2v) is 7.07. The number of carbonyl (C=O) groups excluding carboxylic acids is 1. The maximum absolute atomic E-state index is 12.1. The van der Waals surface area contributed by atoms with Crippen molar-refractivity contribution in [2.45, 2.75) is 32.2 Å². The van der Waals surface area contributed by atoms with Gasteiger partial charge in [-0.25, -0.2) is 4.98 Å². The first-order valence-corrected chi connectivity index (χ1v) is 9.11. The van der Waals surface area contributed by atoms with Crippen LogP contribution in [0.2, 0.25) is 0 Å². The van der Waals surface area contributed by atoms with Crippen molar-refractivity contribution >= 4 is 27.5 Å². The van der Waals surface area contributed by atoms with Crippen molar-refractivity contribution in [3.8, 4) is 6.07 Å². The van der Waals surface area contributed by atoms with Gasteiger partial charge in [0.15, 0.2) is 0 Å². The van der Waals surface area contributed by atoms with E-state index >= 15 is 0 Å². The Balaban J connectivity index is 1.48. The van der Waals surface area contributed by atoms with Gasteiger partial charge in [0.2, 0.25) is 5.91 Å². The topological polar surface area (TPSA) is 65.8 Å². The van der Waals surface area contributed by atoms with Crippen molar-refractivity contribution in [3.63, 3.8) is 0 Å². The third-order valence-corrected chi connectivity index (χ3v) is 5.15. The summed E-state index contributed by atoms with van der Waals surface area (Å²) in [6, 6.07) is 17.4. The van der Waals surface area contributed by atoms with E-state index in [4.69, 9.17) is 5.26 Å². The highest BCUT2D eigenvalue weighted by Crippen LogP contribution is 2.22. The van der Waals surface area contributed by atoms with Crippen LogP contribution in [0, 0.1) is 11.3 Å². The van der Waals surface area contributed by atoms with Crippen molar-refractivity contribution in [3.05, 3.63) is 64.7 Å². The number of hydrogen-bond donors (Lipinski definition) is 1. The molecule has 5 heteroatoms. The first-order valence-electron chi connectivity index (χ1n) is 8.29. The van der Waals surface area contributed by atoms with Crippen LogP contribution >= 0.6 is 11.3 Å². The Labute approximate surface area is 151 Å². The zero-order valence-electron chi connectivity index (χ0n) is 14.0. The molecule has 1 N–H and O–H groups in total. The molecule has 0 saturated heterocycles. The van der Waals surface area contributed by atoms with Crippen LogP contribution in [0.1, 0.15) is 41.9 Å². The monoisotopic (exact) mass is 349 g/mol. The molecule has 0 fully saturated rings. The molecule has 3 aromatic rings. The van der Waals surface area contributed by atoms with E-state index in [9.17, 15) is 4.79 Å². The lowest BCUT2D eigenvalue weighted by Crippen LogP contribution is -2.26. The summed E-state index contributed by atoms with van der Waals surface area (Å²) in [5.41, 5.74) is 2.65. The predicted octanol–water partition coefficient (Wildman–Crippen LogP) is 4.37. The molecule has 1 heterocycles. The number of nitrogens with one attached hydrogen (secondary N) is 1. The molecular formula is C20H19N3OS. The fraction of sp³-hybridized carbons (Fsp3) is 0.250. The highest BCUT2D eigenvalue weighted by molar-refractivity contribution is 7.18. The van der Waals surface area contributed by atoms with Gasteiger partial charge in [-0.3, -0.25) is 4.79 Å². The summed E-state index contributed by atoms with van der Waals surface area (Å²) < 4.78 is 1.19. The van der Waals surface area contributed by atoms with Crippen LogP contribution < -0.4 is 5.32 Å². The summed E-state index contributed by atoms with van der Waals surface area (Å²) >= 11 is 1.69. The number of hydrogen-bond acceptors (Lipinski definition) is 4. The Hall–Kier alpha value is -2.71. The summed E-state index contributed by atoms with van der Waals surface area (Å²) in [4.78, 5) is 16.7. The fourth-order valence-electron chi connectivity index (χ4n) is 2.67. The fourth-order valence-corrected chi connectivity index (χ4v) is 3.68. The Kier molecular flexibility index (Phi) is 5.42. The first kappa shape index (κ1) is 17.1. The van der Waals surface area contributed by atoms with Crippen LogP contribution in [-0.2, 0) is 11.2 Å². The molecule has 0 saturated carbocycles. The molecule has 0 aliphatic heterocycles. The second kappa shape index (κ2) is 7.91. The van der Waals surface area contributed by atoms with Crippen LogP contribution in [0.5, 0.6) is 0 Å². The van der Waals surface area contributed by atoms with Crippen LogP contribution in [0.15, 0.2) is 48.5 Å². The molecular weight excluding hydrogens is 330 g/mol. The summed E-state index contributed by atoms with van der Waals surface area (Å²) in [5, 5.41) is 12.9. The zero-order chi connectivity index (χ0) is 17.6. The van der Waals surface area contributed by atoms with E-state index < -0.39 is 0 Å². The zero-order valence-corrected chi connectivity index (χ0v) is 14.8. The maximum atomic E-state index is 12.1. The lowest BCUT2D eigenvalue weighted by Gasteiger charge is -2.14. The molecule has 126 valence electrons. The number of nitrogens with zero attached hydrogens (tertiary/aromatic N) is 2. The van der Waals surface area contributed by atoms with Crippen LogP contribution in [0.25, 0.3) is 10.2 Å². The smallest absolute Gasteiger partial charge is 0.220 e. The Morgan fingerprint density at radius 3 is 2.72 bits per heavy atom. The quantitative estimate of drug-likeness (QED) is 0.719. The SMILES string of the molecule is CC(NC(=O)CCCc1nc2ccccc2s1)c1ccc(C#N)cc1. The summed E-state index contributed by atoms with van der Waals surface area (Å²) in [6.07, 6.45) is 2.08. The number of fused-ring (bicyclic) bond motifs is 1. The highest BCUT2D eigenvalue weighted by Gasteiger charge is 2.10. The van der Waals surface area contributed by atoms with Gasteiger partial charge in [-0.15, -0.1) is 11.3 Å². The van der Waals surface area contributed by atoms with Gasteiger partial charge >= 0.3 is 0 Å². The number of carbonyl (C=O) groups is 1. The molecule has 0 spiro atoms. The molecule has 3 rings (SSSR count). The van der Waals surface area contributed by atoms with Crippen molar-refractivity contribution in [2.75, 3.05) is 0 Å². The van der Waals surface area contributed by atoms with E-state index in [0.29, 0.717) is 12.0 Å². The van der Waals surface area contributed by atoms with Gasteiger partial charge in [-0.2, -0.15) is 5.26 Å². The summed E-state index contributed by atoms with van der Waals surface area (Å²) in [7, 11) is 0. The third kappa shape index (κ3) is 4.43. The molecule has 0 radical (unpaired) electrons. The van der Waals surface area contributed by atoms with Crippen molar-refractivity contribution in [1.29, 1.82) is 5.26 Å². The second-order valence-electron chi connectivity index (χ2n) is 5.95. The highest BCUT2D eigenvalue weighted by atomic mass is 32.1. The predicted molar refractivity (Wildman–Crippen MR) is 100 cm³/mol. The van der Waals surface area contributed by atoms with Gasteiger partial charge in [0.25, 0.3) is 0 Å². The lowest BCUT2D eigenvalue weighted by atomic mass is 10.1. The van der Waals surface area contributed by atoms with Crippen molar-refractivity contribution in [1.82, 2.24) is 10.3 Å². The normalized spacial score (nSPS) is 11.8.